The zero-order valence-electron chi connectivity index (χ0n) is 12.7. The van der Waals surface area contributed by atoms with E-state index in [-0.39, 0.29) is 11.8 Å². The Labute approximate surface area is 122 Å². The summed E-state index contributed by atoms with van der Waals surface area (Å²) in [4.78, 5) is 25.9. The van der Waals surface area contributed by atoms with Crippen LogP contribution in [0.15, 0.2) is 0 Å². The molecule has 1 heterocycles. The third kappa shape index (κ3) is 4.50. The second kappa shape index (κ2) is 7.65. The lowest BCUT2D eigenvalue weighted by Crippen LogP contribution is -2.43. The van der Waals surface area contributed by atoms with Gasteiger partial charge < -0.3 is 10.2 Å². The fourth-order valence-electron chi connectivity index (χ4n) is 2.86. The van der Waals surface area contributed by atoms with Gasteiger partial charge in [0.15, 0.2) is 0 Å². The SMILES string of the molecule is CCCCCCNC(=O)C1CCN(C(=O)C2CC2)CC1. The fraction of sp³-hybridized carbons (Fsp3) is 0.875. The van der Waals surface area contributed by atoms with Crippen molar-refractivity contribution in [2.45, 2.75) is 58.3 Å². The van der Waals surface area contributed by atoms with Crippen LogP contribution in [0.25, 0.3) is 0 Å². The van der Waals surface area contributed by atoms with Crippen LogP contribution < -0.4 is 5.32 Å². The topological polar surface area (TPSA) is 49.4 Å². The zero-order valence-corrected chi connectivity index (χ0v) is 12.7. The number of nitrogens with zero attached hydrogens (tertiary/aromatic N) is 1. The standard InChI is InChI=1S/C16H28N2O2/c1-2-3-4-5-10-17-15(19)13-8-11-18(12-9-13)16(20)14-6-7-14/h13-14H,2-12H2,1H3,(H,17,19). The van der Waals surface area contributed by atoms with Crippen molar-refractivity contribution in [2.24, 2.45) is 11.8 Å². The number of likely N-dealkylation sites (tertiary alicyclic amines) is 1. The predicted molar refractivity (Wildman–Crippen MR) is 79.2 cm³/mol. The maximum Gasteiger partial charge on any atom is 0.225 e. The Hall–Kier alpha value is -1.06. The maximum atomic E-state index is 12.0. The molecule has 2 amide bonds. The highest BCUT2D eigenvalue weighted by Crippen LogP contribution is 2.32. The minimum atomic E-state index is 0.115. The molecule has 0 aromatic heterocycles. The quantitative estimate of drug-likeness (QED) is 0.728. The summed E-state index contributed by atoms with van der Waals surface area (Å²) in [6.45, 7) is 4.53. The van der Waals surface area contributed by atoms with E-state index in [0.29, 0.717) is 11.8 Å². The molecule has 0 aromatic rings. The van der Waals surface area contributed by atoms with Crippen LogP contribution in [0.3, 0.4) is 0 Å². The van der Waals surface area contributed by atoms with E-state index in [2.05, 4.69) is 12.2 Å². The second-order valence-electron chi connectivity index (χ2n) is 6.23. The van der Waals surface area contributed by atoms with E-state index in [4.69, 9.17) is 0 Å². The van der Waals surface area contributed by atoms with Crippen LogP contribution in [-0.2, 0) is 9.59 Å². The van der Waals surface area contributed by atoms with E-state index in [1.165, 1.54) is 19.3 Å². The van der Waals surface area contributed by atoms with Gasteiger partial charge in [0.2, 0.25) is 11.8 Å². The number of rotatable bonds is 7. The van der Waals surface area contributed by atoms with Crippen molar-refractivity contribution in [3.63, 3.8) is 0 Å². The van der Waals surface area contributed by atoms with Crippen molar-refractivity contribution >= 4 is 11.8 Å². The minimum Gasteiger partial charge on any atom is -0.356 e. The van der Waals surface area contributed by atoms with Crippen LogP contribution in [0, 0.1) is 11.8 Å². The highest BCUT2D eigenvalue weighted by molar-refractivity contribution is 5.82. The number of piperidine rings is 1. The molecule has 1 saturated carbocycles. The van der Waals surface area contributed by atoms with Crippen molar-refractivity contribution in [1.82, 2.24) is 10.2 Å². The fourth-order valence-corrected chi connectivity index (χ4v) is 2.86. The van der Waals surface area contributed by atoms with E-state index in [0.717, 1.165) is 51.7 Å². The molecule has 1 aliphatic carbocycles. The van der Waals surface area contributed by atoms with Crippen molar-refractivity contribution in [2.75, 3.05) is 19.6 Å². The van der Waals surface area contributed by atoms with Crippen molar-refractivity contribution < 1.29 is 9.59 Å². The molecule has 1 N–H and O–H groups in total. The first-order chi connectivity index (χ1) is 9.72. The Kier molecular flexibility index (Phi) is 5.86. The smallest absolute Gasteiger partial charge is 0.225 e. The predicted octanol–water partition coefficient (Wildman–Crippen LogP) is 2.33. The first-order valence-electron chi connectivity index (χ1n) is 8.29. The average Bonchev–Trinajstić information content (AvgIpc) is 3.31. The summed E-state index contributed by atoms with van der Waals surface area (Å²) < 4.78 is 0. The number of hydrogen-bond acceptors (Lipinski definition) is 2. The maximum absolute atomic E-state index is 12.0. The summed E-state index contributed by atoms with van der Waals surface area (Å²) >= 11 is 0. The van der Waals surface area contributed by atoms with Crippen LogP contribution in [0.1, 0.15) is 58.3 Å². The Morgan fingerprint density at radius 2 is 1.70 bits per heavy atom. The lowest BCUT2D eigenvalue weighted by atomic mass is 9.95. The zero-order chi connectivity index (χ0) is 14.4. The molecule has 0 unspecified atom stereocenters. The Balaban J connectivity index is 1.60. The normalized spacial score (nSPS) is 19.9. The molecule has 0 spiro atoms. The highest BCUT2D eigenvalue weighted by Gasteiger charge is 2.35. The van der Waals surface area contributed by atoms with Crippen LogP contribution in [0.5, 0.6) is 0 Å². The number of carbonyl (C=O) groups excluding carboxylic acids is 2. The van der Waals surface area contributed by atoms with E-state index >= 15 is 0 Å². The minimum absolute atomic E-state index is 0.115. The number of amides is 2. The van der Waals surface area contributed by atoms with Crippen LogP contribution in [0.4, 0.5) is 0 Å². The average molecular weight is 280 g/mol. The summed E-state index contributed by atoms with van der Waals surface area (Å²) in [6.07, 6.45) is 8.55. The monoisotopic (exact) mass is 280 g/mol. The highest BCUT2D eigenvalue weighted by atomic mass is 16.2. The largest absolute Gasteiger partial charge is 0.356 e. The lowest BCUT2D eigenvalue weighted by molar-refractivity contribution is -0.136. The van der Waals surface area contributed by atoms with Gasteiger partial charge in [0.05, 0.1) is 0 Å². The molecule has 0 atom stereocenters. The Morgan fingerprint density at radius 3 is 2.30 bits per heavy atom. The lowest BCUT2D eigenvalue weighted by Gasteiger charge is -2.31. The number of carbonyl (C=O) groups is 2. The van der Waals surface area contributed by atoms with Crippen LogP contribution in [-0.4, -0.2) is 36.3 Å². The summed E-state index contributed by atoms with van der Waals surface area (Å²) in [7, 11) is 0. The van der Waals surface area contributed by atoms with Crippen molar-refractivity contribution in [3.8, 4) is 0 Å². The molecule has 114 valence electrons. The molecule has 0 aromatic carbocycles. The van der Waals surface area contributed by atoms with Gasteiger partial charge in [-0.05, 0) is 32.1 Å². The summed E-state index contributed by atoms with van der Waals surface area (Å²) in [5.74, 6) is 0.937. The summed E-state index contributed by atoms with van der Waals surface area (Å²) in [6, 6.07) is 0. The second-order valence-corrected chi connectivity index (χ2v) is 6.23. The molecule has 0 radical (unpaired) electrons. The first kappa shape index (κ1) is 15.3. The molecule has 0 bridgehead atoms. The van der Waals surface area contributed by atoms with Gasteiger partial charge in [-0.2, -0.15) is 0 Å². The van der Waals surface area contributed by atoms with Gasteiger partial charge in [-0.1, -0.05) is 26.2 Å². The molecule has 1 aliphatic heterocycles. The van der Waals surface area contributed by atoms with E-state index in [9.17, 15) is 9.59 Å². The van der Waals surface area contributed by atoms with Crippen LogP contribution in [0.2, 0.25) is 0 Å². The van der Waals surface area contributed by atoms with Gasteiger partial charge in [0.1, 0.15) is 0 Å². The van der Waals surface area contributed by atoms with E-state index in [1.807, 2.05) is 4.90 Å². The van der Waals surface area contributed by atoms with Gasteiger partial charge in [0.25, 0.3) is 0 Å². The number of unbranched alkanes of at least 4 members (excludes halogenated alkanes) is 3. The molecular weight excluding hydrogens is 252 g/mol. The number of nitrogens with one attached hydrogen (secondary N) is 1. The summed E-state index contributed by atoms with van der Waals surface area (Å²) in [5, 5.41) is 3.05. The molecule has 2 fully saturated rings. The van der Waals surface area contributed by atoms with E-state index < -0.39 is 0 Å². The van der Waals surface area contributed by atoms with Gasteiger partial charge >= 0.3 is 0 Å². The van der Waals surface area contributed by atoms with Gasteiger partial charge in [-0.25, -0.2) is 0 Å². The molecule has 4 heteroatoms. The van der Waals surface area contributed by atoms with Crippen LogP contribution >= 0.6 is 0 Å². The van der Waals surface area contributed by atoms with Gasteiger partial charge in [-0.15, -0.1) is 0 Å². The van der Waals surface area contributed by atoms with Crippen molar-refractivity contribution in [1.29, 1.82) is 0 Å². The molecule has 4 nitrogen and oxygen atoms in total. The third-order valence-corrected chi connectivity index (χ3v) is 4.43. The molecule has 1 saturated heterocycles. The molecular formula is C16H28N2O2. The summed E-state index contributed by atoms with van der Waals surface area (Å²) in [5.41, 5.74) is 0. The van der Waals surface area contributed by atoms with Crippen molar-refractivity contribution in [3.05, 3.63) is 0 Å². The molecule has 2 aliphatic rings. The Morgan fingerprint density at radius 1 is 1.00 bits per heavy atom. The Bertz CT molecular complexity index is 331. The first-order valence-corrected chi connectivity index (χ1v) is 8.29. The number of hydrogen-bond donors (Lipinski definition) is 1. The molecule has 2 rings (SSSR count). The van der Waals surface area contributed by atoms with Gasteiger partial charge in [0, 0.05) is 31.5 Å². The molecule has 20 heavy (non-hydrogen) atoms. The third-order valence-electron chi connectivity index (χ3n) is 4.43. The van der Waals surface area contributed by atoms with Gasteiger partial charge in [-0.3, -0.25) is 9.59 Å². The van der Waals surface area contributed by atoms with E-state index in [1.54, 1.807) is 0 Å².